The molecule has 1 aromatic heterocycles. The maximum absolute atomic E-state index is 13.0. The first kappa shape index (κ1) is 12.1. The molecule has 0 saturated heterocycles. The average molecular weight is 296 g/mol. The zero-order chi connectivity index (χ0) is 12.4. The van der Waals surface area contributed by atoms with Crippen molar-refractivity contribution in [2.24, 2.45) is 5.73 Å². The Labute approximate surface area is 107 Å². The fourth-order valence-corrected chi connectivity index (χ4v) is 2.06. The molecule has 0 fully saturated rings. The number of halogens is 2. The summed E-state index contributed by atoms with van der Waals surface area (Å²) in [6.45, 7) is 2.23. The van der Waals surface area contributed by atoms with Crippen molar-refractivity contribution in [3.63, 3.8) is 0 Å². The highest BCUT2D eigenvalue weighted by Crippen LogP contribution is 2.26. The van der Waals surface area contributed by atoms with E-state index < -0.39 is 0 Å². The Morgan fingerprint density at radius 2 is 2.06 bits per heavy atom. The van der Waals surface area contributed by atoms with Crippen LogP contribution >= 0.6 is 15.9 Å². The standard InChI is InChI=1S/C12H11BrFN3/c1-7-4-9(6-15)17-12(16-7)10-3-2-8(14)5-11(10)13/h2-5H,6,15H2,1H3. The molecule has 2 N–H and O–H groups in total. The summed E-state index contributed by atoms with van der Waals surface area (Å²) in [7, 11) is 0. The van der Waals surface area contributed by atoms with Gasteiger partial charge in [-0.3, -0.25) is 0 Å². The highest BCUT2D eigenvalue weighted by Gasteiger charge is 2.08. The molecule has 1 aromatic carbocycles. The van der Waals surface area contributed by atoms with E-state index in [2.05, 4.69) is 25.9 Å². The molecule has 0 saturated carbocycles. The molecule has 2 rings (SSSR count). The summed E-state index contributed by atoms with van der Waals surface area (Å²) in [4.78, 5) is 8.65. The minimum absolute atomic E-state index is 0.299. The molecule has 0 aliphatic heterocycles. The summed E-state index contributed by atoms with van der Waals surface area (Å²) in [5, 5.41) is 0. The van der Waals surface area contributed by atoms with E-state index in [-0.39, 0.29) is 5.82 Å². The van der Waals surface area contributed by atoms with Gasteiger partial charge in [0.25, 0.3) is 0 Å². The van der Waals surface area contributed by atoms with Gasteiger partial charge in [-0.1, -0.05) is 0 Å². The number of hydrogen-bond donors (Lipinski definition) is 1. The van der Waals surface area contributed by atoms with Crippen LogP contribution in [0.4, 0.5) is 4.39 Å². The van der Waals surface area contributed by atoms with Crippen LogP contribution in [0.5, 0.6) is 0 Å². The average Bonchev–Trinajstić information content (AvgIpc) is 2.28. The number of hydrogen-bond acceptors (Lipinski definition) is 3. The Morgan fingerprint density at radius 1 is 1.29 bits per heavy atom. The Kier molecular flexibility index (Phi) is 3.49. The van der Waals surface area contributed by atoms with Crippen LogP contribution in [0.25, 0.3) is 11.4 Å². The van der Waals surface area contributed by atoms with Crippen molar-refractivity contribution in [1.29, 1.82) is 0 Å². The lowest BCUT2D eigenvalue weighted by molar-refractivity contribution is 0.627. The van der Waals surface area contributed by atoms with Crippen molar-refractivity contribution >= 4 is 15.9 Å². The van der Waals surface area contributed by atoms with Crippen LogP contribution in [0.1, 0.15) is 11.4 Å². The Balaban J connectivity index is 2.55. The van der Waals surface area contributed by atoms with Crippen LogP contribution < -0.4 is 5.73 Å². The zero-order valence-corrected chi connectivity index (χ0v) is 10.8. The van der Waals surface area contributed by atoms with Gasteiger partial charge in [-0.05, 0) is 47.1 Å². The molecule has 0 aliphatic rings. The fraction of sp³-hybridized carbons (Fsp3) is 0.167. The van der Waals surface area contributed by atoms with E-state index in [0.717, 1.165) is 17.0 Å². The predicted octanol–water partition coefficient (Wildman–Crippen LogP) is 2.81. The molecule has 88 valence electrons. The first-order valence-electron chi connectivity index (χ1n) is 5.10. The predicted molar refractivity (Wildman–Crippen MR) is 67.8 cm³/mol. The number of nitrogens with two attached hydrogens (primary N) is 1. The maximum Gasteiger partial charge on any atom is 0.160 e. The molecule has 1 heterocycles. The molecular weight excluding hydrogens is 285 g/mol. The van der Waals surface area contributed by atoms with Crippen LogP contribution in [0.3, 0.4) is 0 Å². The SMILES string of the molecule is Cc1cc(CN)nc(-c2ccc(F)cc2Br)n1. The minimum Gasteiger partial charge on any atom is -0.325 e. The molecule has 5 heteroatoms. The monoisotopic (exact) mass is 295 g/mol. The lowest BCUT2D eigenvalue weighted by Gasteiger charge is -2.06. The summed E-state index contributed by atoms with van der Waals surface area (Å²) < 4.78 is 13.6. The molecular formula is C12H11BrFN3. The molecule has 0 bridgehead atoms. The topological polar surface area (TPSA) is 51.8 Å². The van der Waals surface area contributed by atoms with Gasteiger partial charge in [0.1, 0.15) is 5.82 Å². The molecule has 17 heavy (non-hydrogen) atoms. The second-order valence-corrected chi connectivity index (χ2v) is 4.51. The second kappa shape index (κ2) is 4.89. The van der Waals surface area contributed by atoms with Crippen molar-refractivity contribution in [2.75, 3.05) is 0 Å². The zero-order valence-electron chi connectivity index (χ0n) is 9.24. The van der Waals surface area contributed by atoms with Crippen LogP contribution in [0, 0.1) is 12.7 Å². The molecule has 0 unspecified atom stereocenters. The van der Waals surface area contributed by atoms with Gasteiger partial charge >= 0.3 is 0 Å². The minimum atomic E-state index is -0.299. The van der Waals surface area contributed by atoms with Crippen LogP contribution in [-0.4, -0.2) is 9.97 Å². The third-order valence-corrected chi connectivity index (χ3v) is 2.94. The largest absolute Gasteiger partial charge is 0.325 e. The van der Waals surface area contributed by atoms with Gasteiger partial charge in [0, 0.05) is 22.3 Å². The summed E-state index contributed by atoms with van der Waals surface area (Å²) >= 11 is 3.30. The fourth-order valence-electron chi connectivity index (χ4n) is 1.53. The third-order valence-electron chi connectivity index (χ3n) is 2.29. The molecule has 3 nitrogen and oxygen atoms in total. The van der Waals surface area contributed by atoms with Crippen molar-refractivity contribution < 1.29 is 4.39 Å². The number of nitrogens with zero attached hydrogens (tertiary/aromatic N) is 2. The summed E-state index contributed by atoms with van der Waals surface area (Å²) in [6.07, 6.45) is 0. The summed E-state index contributed by atoms with van der Waals surface area (Å²) in [5.74, 6) is 0.254. The van der Waals surface area contributed by atoms with E-state index in [4.69, 9.17) is 5.73 Å². The Hall–Kier alpha value is -1.33. The number of aromatic nitrogens is 2. The molecule has 0 atom stereocenters. The van der Waals surface area contributed by atoms with Gasteiger partial charge in [-0.25, -0.2) is 14.4 Å². The van der Waals surface area contributed by atoms with Crippen molar-refractivity contribution in [1.82, 2.24) is 9.97 Å². The van der Waals surface area contributed by atoms with Crippen LogP contribution in [0.2, 0.25) is 0 Å². The Bertz CT molecular complexity index is 557. The quantitative estimate of drug-likeness (QED) is 0.927. The van der Waals surface area contributed by atoms with E-state index in [0.29, 0.717) is 16.8 Å². The molecule has 0 aliphatic carbocycles. The van der Waals surface area contributed by atoms with E-state index in [1.54, 1.807) is 6.07 Å². The van der Waals surface area contributed by atoms with E-state index in [9.17, 15) is 4.39 Å². The van der Waals surface area contributed by atoms with Gasteiger partial charge in [0.05, 0.1) is 5.69 Å². The van der Waals surface area contributed by atoms with Crippen molar-refractivity contribution in [3.05, 3.63) is 45.9 Å². The third kappa shape index (κ3) is 2.68. The lowest BCUT2D eigenvalue weighted by Crippen LogP contribution is -2.03. The number of rotatable bonds is 2. The lowest BCUT2D eigenvalue weighted by atomic mass is 10.2. The molecule has 0 spiro atoms. The number of aryl methyl sites for hydroxylation is 1. The van der Waals surface area contributed by atoms with E-state index in [1.807, 2.05) is 13.0 Å². The molecule has 0 amide bonds. The van der Waals surface area contributed by atoms with E-state index >= 15 is 0 Å². The van der Waals surface area contributed by atoms with Gasteiger partial charge in [-0.2, -0.15) is 0 Å². The summed E-state index contributed by atoms with van der Waals surface area (Å²) in [6, 6.07) is 6.26. The van der Waals surface area contributed by atoms with Gasteiger partial charge in [0.15, 0.2) is 5.82 Å². The first-order chi connectivity index (χ1) is 8.10. The second-order valence-electron chi connectivity index (χ2n) is 3.65. The van der Waals surface area contributed by atoms with Gasteiger partial charge in [-0.15, -0.1) is 0 Å². The summed E-state index contributed by atoms with van der Waals surface area (Å²) in [5.41, 5.74) is 7.93. The molecule has 0 radical (unpaired) electrons. The van der Waals surface area contributed by atoms with Crippen molar-refractivity contribution in [3.8, 4) is 11.4 Å². The normalized spacial score (nSPS) is 10.6. The highest BCUT2D eigenvalue weighted by atomic mass is 79.9. The van der Waals surface area contributed by atoms with Gasteiger partial charge in [0.2, 0.25) is 0 Å². The van der Waals surface area contributed by atoms with E-state index in [1.165, 1.54) is 12.1 Å². The van der Waals surface area contributed by atoms with Crippen LogP contribution in [0.15, 0.2) is 28.7 Å². The van der Waals surface area contributed by atoms with Crippen molar-refractivity contribution in [2.45, 2.75) is 13.5 Å². The van der Waals surface area contributed by atoms with Gasteiger partial charge < -0.3 is 5.73 Å². The molecule has 2 aromatic rings. The maximum atomic E-state index is 13.0. The van der Waals surface area contributed by atoms with Crippen LogP contribution in [-0.2, 0) is 6.54 Å². The Morgan fingerprint density at radius 3 is 2.71 bits per heavy atom. The first-order valence-corrected chi connectivity index (χ1v) is 5.89. The smallest absolute Gasteiger partial charge is 0.160 e. The number of benzene rings is 1. The highest BCUT2D eigenvalue weighted by molar-refractivity contribution is 9.10.